The van der Waals surface area contributed by atoms with Crippen molar-refractivity contribution in [2.75, 3.05) is 13.2 Å². The van der Waals surface area contributed by atoms with Gasteiger partial charge in [0.15, 0.2) is 0 Å². The van der Waals surface area contributed by atoms with E-state index < -0.39 is 0 Å². The van der Waals surface area contributed by atoms with E-state index in [1.807, 2.05) is 55.5 Å². The fourth-order valence-corrected chi connectivity index (χ4v) is 2.32. The maximum absolute atomic E-state index is 9.59. The highest BCUT2D eigenvalue weighted by molar-refractivity contribution is 6.30. The first kappa shape index (κ1) is 14.9. The van der Waals surface area contributed by atoms with Crippen molar-refractivity contribution in [2.24, 2.45) is 0 Å². The van der Waals surface area contributed by atoms with E-state index in [0.29, 0.717) is 11.6 Å². The minimum Gasteiger partial charge on any atom is -0.494 e. The Morgan fingerprint density at radius 3 is 2.25 bits per heavy atom. The molecule has 106 valence electrons. The van der Waals surface area contributed by atoms with Crippen LogP contribution in [-0.4, -0.2) is 18.3 Å². The van der Waals surface area contributed by atoms with E-state index in [0.717, 1.165) is 17.7 Å². The molecule has 3 heteroatoms. The molecule has 2 nitrogen and oxygen atoms in total. The average Bonchev–Trinajstić information content (AvgIpc) is 2.48. The Kier molecular flexibility index (Phi) is 5.45. The lowest BCUT2D eigenvalue weighted by Crippen LogP contribution is -2.07. The van der Waals surface area contributed by atoms with Crippen molar-refractivity contribution in [1.29, 1.82) is 0 Å². The Morgan fingerprint density at radius 2 is 1.70 bits per heavy atom. The number of benzene rings is 2. The van der Waals surface area contributed by atoms with Crippen molar-refractivity contribution in [3.05, 3.63) is 64.7 Å². The highest BCUT2D eigenvalue weighted by Crippen LogP contribution is 2.23. The number of halogens is 1. The Morgan fingerprint density at radius 1 is 1.05 bits per heavy atom. The molecule has 0 radical (unpaired) electrons. The largest absolute Gasteiger partial charge is 0.494 e. The third-order valence-electron chi connectivity index (χ3n) is 3.28. The van der Waals surface area contributed by atoms with E-state index in [1.54, 1.807) is 0 Å². The van der Waals surface area contributed by atoms with Crippen LogP contribution < -0.4 is 4.74 Å². The summed E-state index contributed by atoms with van der Waals surface area (Å²) in [5, 5.41) is 10.3. The summed E-state index contributed by atoms with van der Waals surface area (Å²) < 4.78 is 5.43. The molecule has 0 aliphatic heterocycles. The Hall–Kier alpha value is -1.51. The summed E-state index contributed by atoms with van der Waals surface area (Å²) in [6.45, 7) is 2.76. The van der Waals surface area contributed by atoms with Crippen LogP contribution in [0.2, 0.25) is 5.02 Å². The van der Waals surface area contributed by atoms with Crippen LogP contribution in [0.15, 0.2) is 48.5 Å². The molecule has 0 heterocycles. The Bertz CT molecular complexity index is 520. The molecule has 0 spiro atoms. The SMILES string of the molecule is CCOc1ccc(CC(CO)c2ccc(Cl)cc2)cc1. The van der Waals surface area contributed by atoms with Crippen LogP contribution in [-0.2, 0) is 6.42 Å². The normalized spacial score (nSPS) is 12.2. The van der Waals surface area contributed by atoms with Gasteiger partial charge in [0.1, 0.15) is 5.75 Å². The molecule has 1 atom stereocenters. The molecule has 0 aliphatic rings. The van der Waals surface area contributed by atoms with Crippen LogP contribution in [0.5, 0.6) is 5.75 Å². The monoisotopic (exact) mass is 290 g/mol. The lowest BCUT2D eigenvalue weighted by molar-refractivity contribution is 0.264. The van der Waals surface area contributed by atoms with E-state index in [4.69, 9.17) is 16.3 Å². The Labute approximate surface area is 125 Å². The van der Waals surface area contributed by atoms with Crippen molar-refractivity contribution < 1.29 is 9.84 Å². The van der Waals surface area contributed by atoms with Gasteiger partial charge < -0.3 is 9.84 Å². The third kappa shape index (κ3) is 3.99. The van der Waals surface area contributed by atoms with Gasteiger partial charge in [0.25, 0.3) is 0 Å². The number of rotatable bonds is 6. The first-order chi connectivity index (χ1) is 9.72. The van der Waals surface area contributed by atoms with Gasteiger partial charge in [0.05, 0.1) is 13.2 Å². The van der Waals surface area contributed by atoms with E-state index in [2.05, 4.69) is 0 Å². The zero-order chi connectivity index (χ0) is 14.4. The minimum atomic E-state index is 0.0882. The summed E-state index contributed by atoms with van der Waals surface area (Å²) in [5.74, 6) is 0.966. The third-order valence-corrected chi connectivity index (χ3v) is 3.53. The van der Waals surface area contributed by atoms with E-state index in [9.17, 15) is 5.11 Å². The fourth-order valence-electron chi connectivity index (χ4n) is 2.20. The van der Waals surface area contributed by atoms with Crippen molar-refractivity contribution in [1.82, 2.24) is 0 Å². The summed E-state index contributed by atoms with van der Waals surface area (Å²) in [7, 11) is 0. The van der Waals surface area contributed by atoms with Gasteiger partial charge in [-0.15, -0.1) is 0 Å². The van der Waals surface area contributed by atoms with E-state index in [1.165, 1.54) is 5.56 Å². The average molecular weight is 291 g/mol. The van der Waals surface area contributed by atoms with Crippen LogP contribution in [0.25, 0.3) is 0 Å². The number of aliphatic hydroxyl groups is 1. The number of aliphatic hydroxyl groups excluding tert-OH is 1. The number of ether oxygens (including phenoxy) is 1. The maximum atomic E-state index is 9.59. The van der Waals surface area contributed by atoms with Crippen molar-refractivity contribution in [2.45, 2.75) is 19.3 Å². The van der Waals surface area contributed by atoms with Gasteiger partial charge in [-0.1, -0.05) is 35.9 Å². The first-order valence-corrected chi connectivity index (χ1v) is 7.18. The van der Waals surface area contributed by atoms with Gasteiger partial charge in [0, 0.05) is 10.9 Å². The lowest BCUT2D eigenvalue weighted by Gasteiger charge is -2.15. The van der Waals surface area contributed by atoms with Crippen molar-refractivity contribution in [3.63, 3.8) is 0 Å². The molecule has 20 heavy (non-hydrogen) atoms. The van der Waals surface area contributed by atoms with Gasteiger partial charge in [-0.05, 0) is 48.7 Å². The highest BCUT2D eigenvalue weighted by Gasteiger charge is 2.11. The molecule has 1 N–H and O–H groups in total. The fraction of sp³-hybridized carbons (Fsp3) is 0.294. The zero-order valence-corrected chi connectivity index (χ0v) is 12.3. The van der Waals surface area contributed by atoms with Crippen LogP contribution in [0, 0.1) is 0 Å². The first-order valence-electron chi connectivity index (χ1n) is 6.81. The predicted molar refractivity (Wildman–Crippen MR) is 82.6 cm³/mol. The quantitative estimate of drug-likeness (QED) is 0.869. The van der Waals surface area contributed by atoms with Gasteiger partial charge in [0.2, 0.25) is 0 Å². The number of hydrogen-bond donors (Lipinski definition) is 1. The van der Waals surface area contributed by atoms with E-state index in [-0.39, 0.29) is 12.5 Å². The predicted octanol–water partition coefficient (Wildman–Crippen LogP) is 4.06. The molecule has 0 fully saturated rings. The molecular formula is C17H19ClO2. The molecule has 0 saturated carbocycles. The lowest BCUT2D eigenvalue weighted by atomic mass is 9.93. The summed E-state index contributed by atoms with van der Waals surface area (Å²) >= 11 is 5.89. The smallest absolute Gasteiger partial charge is 0.119 e. The molecule has 2 aromatic carbocycles. The summed E-state index contributed by atoms with van der Waals surface area (Å²) in [5.41, 5.74) is 2.29. The molecule has 0 bridgehead atoms. The van der Waals surface area contributed by atoms with Gasteiger partial charge in [-0.3, -0.25) is 0 Å². The zero-order valence-electron chi connectivity index (χ0n) is 11.6. The molecule has 2 rings (SSSR count). The minimum absolute atomic E-state index is 0.0882. The molecular weight excluding hydrogens is 272 g/mol. The van der Waals surface area contributed by atoms with Crippen LogP contribution in [0.3, 0.4) is 0 Å². The Balaban J connectivity index is 2.07. The second-order valence-corrected chi connectivity index (χ2v) is 5.15. The van der Waals surface area contributed by atoms with Gasteiger partial charge in [-0.2, -0.15) is 0 Å². The summed E-state index contributed by atoms with van der Waals surface area (Å²) in [6, 6.07) is 15.7. The molecule has 2 aromatic rings. The molecule has 1 unspecified atom stereocenters. The highest BCUT2D eigenvalue weighted by atomic mass is 35.5. The van der Waals surface area contributed by atoms with Crippen LogP contribution >= 0.6 is 11.6 Å². The summed E-state index contributed by atoms with van der Waals surface area (Å²) in [6.07, 6.45) is 0.796. The topological polar surface area (TPSA) is 29.5 Å². The molecule has 0 amide bonds. The second-order valence-electron chi connectivity index (χ2n) is 4.71. The molecule has 0 aliphatic carbocycles. The van der Waals surface area contributed by atoms with Crippen LogP contribution in [0.1, 0.15) is 24.0 Å². The molecule has 0 aromatic heterocycles. The summed E-state index contributed by atoms with van der Waals surface area (Å²) in [4.78, 5) is 0. The van der Waals surface area contributed by atoms with Crippen LogP contribution in [0.4, 0.5) is 0 Å². The van der Waals surface area contributed by atoms with Gasteiger partial charge >= 0.3 is 0 Å². The van der Waals surface area contributed by atoms with Gasteiger partial charge in [-0.25, -0.2) is 0 Å². The van der Waals surface area contributed by atoms with Crippen molar-refractivity contribution >= 4 is 11.6 Å². The maximum Gasteiger partial charge on any atom is 0.119 e. The van der Waals surface area contributed by atoms with Crippen molar-refractivity contribution in [3.8, 4) is 5.75 Å². The standard InChI is InChI=1S/C17H19ClO2/c1-2-20-17-9-3-13(4-10-17)11-15(12-19)14-5-7-16(18)8-6-14/h3-10,15,19H,2,11-12H2,1H3. The van der Waals surface area contributed by atoms with E-state index >= 15 is 0 Å². The molecule has 0 saturated heterocycles. The number of hydrogen-bond acceptors (Lipinski definition) is 2. The second kappa shape index (κ2) is 7.32.